The minimum Gasteiger partial charge on any atom is -0.385 e. The lowest BCUT2D eigenvalue weighted by atomic mass is 9.83. The molecule has 1 saturated carbocycles. The van der Waals surface area contributed by atoms with Gasteiger partial charge in [0.15, 0.2) is 0 Å². The molecule has 1 heterocycles. The number of aromatic nitrogens is 1. The van der Waals surface area contributed by atoms with Gasteiger partial charge < -0.3 is 11.1 Å². The Kier molecular flexibility index (Phi) is 3.65. The summed E-state index contributed by atoms with van der Waals surface area (Å²) < 4.78 is 0. The third kappa shape index (κ3) is 3.12. The molecule has 3 nitrogen and oxygen atoms in total. The lowest BCUT2D eigenvalue weighted by Crippen LogP contribution is -2.20. The van der Waals surface area contributed by atoms with Crippen molar-refractivity contribution in [2.75, 3.05) is 17.6 Å². The summed E-state index contributed by atoms with van der Waals surface area (Å²) in [4.78, 5) is 3.98. The molecule has 0 saturated heterocycles. The van der Waals surface area contributed by atoms with E-state index in [1.807, 2.05) is 12.1 Å². The summed E-state index contributed by atoms with van der Waals surface area (Å²) in [5.41, 5.74) is 6.72. The van der Waals surface area contributed by atoms with E-state index in [0.717, 1.165) is 24.1 Å². The lowest BCUT2D eigenvalue weighted by molar-refractivity contribution is 0.300. The molecule has 2 rings (SSSR count). The summed E-state index contributed by atoms with van der Waals surface area (Å²) >= 11 is 0. The first-order valence-corrected chi connectivity index (χ1v) is 6.19. The number of nitrogens with zero attached hydrogens (tertiary/aromatic N) is 1. The van der Waals surface area contributed by atoms with E-state index < -0.39 is 0 Å². The maximum Gasteiger partial charge on any atom is 0.125 e. The second-order valence-electron chi connectivity index (χ2n) is 4.98. The maximum atomic E-state index is 5.63. The molecule has 0 atom stereocenters. The summed E-state index contributed by atoms with van der Waals surface area (Å²) in [5, 5.41) is 3.45. The van der Waals surface area contributed by atoms with Crippen molar-refractivity contribution in [2.45, 2.75) is 32.6 Å². The zero-order valence-corrected chi connectivity index (χ0v) is 9.95. The van der Waals surface area contributed by atoms with Crippen molar-refractivity contribution >= 4 is 11.5 Å². The van der Waals surface area contributed by atoms with Crippen LogP contribution in [-0.2, 0) is 0 Å². The van der Waals surface area contributed by atoms with Crippen molar-refractivity contribution in [1.82, 2.24) is 4.98 Å². The average Bonchev–Trinajstić information content (AvgIpc) is 2.28. The van der Waals surface area contributed by atoms with Gasteiger partial charge in [0.25, 0.3) is 0 Å². The van der Waals surface area contributed by atoms with Gasteiger partial charge in [-0.1, -0.05) is 19.8 Å². The highest BCUT2D eigenvalue weighted by molar-refractivity contribution is 5.49. The Morgan fingerprint density at radius 2 is 2.12 bits per heavy atom. The van der Waals surface area contributed by atoms with Crippen molar-refractivity contribution in [1.29, 1.82) is 0 Å². The van der Waals surface area contributed by atoms with Crippen LogP contribution in [0.25, 0.3) is 0 Å². The molecule has 0 amide bonds. The fourth-order valence-electron chi connectivity index (χ4n) is 2.35. The molecule has 3 heteroatoms. The first-order valence-electron chi connectivity index (χ1n) is 6.19. The summed E-state index contributed by atoms with van der Waals surface area (Å²) in [5.74, 6) is 2.33. The largest absolute Gasteiger partial charge is 0.385 e. The van der Waals surface area contributed by atoms with Crippen molar-refractivity contribution in [2.24, 2.45) is 11.8 Å². The second-order valence-corrected chi connectivity index (χ2v) is 4.98. The molecule has 0 unspecified atom stereocenters. The highest BCUT2D eigenvalue weighted by Gasteiger charge is 2.17. The van der Waals surface area contributed by atoms with Gasteiger partial charge in [-0.15, -0.1) is 0 Å². The molecule has 1 aromatic rings. The Morgan fingerprint density at radius 3 is 2.81 bits per heavy atom. The SMILES string of the molecule is CC1CCC(CNc2ccnc(N)c2)CC1. The molecule has 1 aliphatic carbocycles. The Bertz CT molecular complexity index is 330. The molecular formula is C13H21N3. The Balaban J connectivity index is 1.79. The predicted octanol–water partition coefficient (Wildman–Crippen LogP) is 2.90. The fourth-order valence-corrected chi connectivity index (χ4v) is 2.35. The van der Waals surface area contributed by atoms with E-state index in [9.17, 15) is 0 Å². The van der Waals surface area contributed by atoms with Gasteiger partial charge in [-0.2, -0.15) is 0 Å². The van der Waals surface area contributed by atoms with Gasteiger partial charge in [-0.25, -0.2) is 4.98 Å². The number of hydrogen-bond donors (Lipinski definition) is 2. The van der Waals surface area contributed by atoms with E-state index in [0.29, 0.717) is 5.82 Å². The quantitative estimate of drug-likeness (QED) is 0.821. The standard InChI is InChI=1S/C13H21N3/c1-10-2-4-11(5-3-10)9-16-12-6-7-15-13(14)8-12/h6-8,10-11H,2-5,9H2,1H3,(H3,14,15,16). The third-order valence-corrected chi connectivity index (χ3v) is 3.51. The highest BCUT2D eigenvalue weighted by atomic mass is 14.9. The van der Waals surface area contributed by atoms with Crippen LogP contribution in [0.15, 0.2) is 18.3 Å². The molecular weight excluding hydrogens is 198 g/mol. The number of anilines is 2. The van der Waals surface area contributed by atoms with Crippen molar-refractivity contribution in [3.8, 4) is 0 Å². The Morgan fingerprint density at radius 1 is 1.38 bits per heavy atom. The van der Waals surface area contributed by atoms with Crippen molar-refractivity contribution in [3.63, 3.8) is 0 Å². The summed E-state index contributed by atoms with van der Waals surface area (Å²) in [6, 6.07) is 3.87. The van der Waals surface area contributed by atoms with E-state index >= 15 is 0 Å². The number of hydrogen-bond acceptors (Lipinski definition) is 3. The van der Waals surface area contributed by atoms with Gasteiger partial charge in [0.1, 0.15) is 5.82 Å². The van der Waals surface area contributed by atoms with Crippen LogP contribution in [0, 0.1) is 11.8 Å². The summed E-state index contributed by atoms with van der Waals surface area (Å²) in [6.45, 7) is 3.42. The van der Waals surface area contributed by atoms with Gasteiger partial charge in [0.05, 0.1) is 0 Å². The number of pyridine rings is 1. The average molecular weight is 219 g/mol. The first kappa shape index (κ1) is 11.2. The molecule has 88 valence electrons. The summed E-state index contributed by atoms with van der Waals surface area (Å²) in [6.07, 6.45) is 7.22. The van der Waals surface area contributed by atoms with E-state index in [1.165, 1.54) is 25.7 Å². The molecule has 0 bridgehead atoms. The van der Waals surface area contributed by atoms with Gasteiger partial charge in [-0.3, -0.25) is 0 Å². The number of rotatable bonds is 3. The van der Waals surface area contributed by atoms with Crippen LogP contribution in [0.5, 0.6) is 0 Å². The summed E-state index contributed by atoms with van der Waals surface area (Å²) in [7, 11) is 0. The lowest BCUT2D eigenvalue weighted by Gasteiger charge is -2.26. The van der Waals surface area contributed by atoms with E-state index in [1.54, 1.807) is 6.20 Å². The second kappa shape index (κ2) is 5.19. The highest BCUT2D eigenvalue weighted by Crippen LogP contribution is 2.28. The topological polar surface area (TPSA) is 50.9 Å². The fraction of sp³-hybridized carbons (Fsp3) is 0.615. The van der Waals surface area contributed by atoms with Gasteiger partial charge >= 0.3 is 0 Å². The Labute approximate surface area is 97.5 Å². The van der Waals surface area contributed by atoms with Crippen LogP contribution in [0.3, 0.4) is 0 Å². The predicted molar refractivity (Wildman–Crippen MR) is 68.3 cm³/mol. The van der Waals surface area contributed by atoms with Crippen molar-refractivity contribution < 1.29 is 0 Å². The monoisotopic (exact) mass is 219 g/mol. The minimum atomic E-state index is 0.585. The molecule has 0 aliphatic heterocycles. The molecule has 0 radical (unpaired) electrons. The smallest absolute Gasteiger partial charge is 0.125 e. The molecule has 1 aliphatic rings. The van der Waals surface area contributed by atoms with E-state index in [4.69, 9.17) is 5.73 Å². The van der Waals surface area contributed by atoms with E-state index in [2.05, 4.69) is 17.2 Å². The Hall–Kier alpha value is -1.25. The van der Waals surface area contributed by atoms with Gasteiger partial charge in [-0.05, 0) is 30.7 Å². The molecule has 1 aromatic heterocycles. The van der Waals surface area contributed by atoms with Crippen LogP contribution in [-0.4, -0.2) is 11.5 Å². The molecule has 1 fully saturated rings. The van der Waals surface area contributed by atoms with Crippen LogP contribution in [0.1, 0.15) is 32.6 Å². The van der Waals surface area contributed by atoms with Crippen molar-refractivity contribution in [3.05, 3.63) is 18.3 Å². The third-order valence-electron chi connectivity index (χ3n) is 3.51. The van der Waals surface area contributed by atoms with Gasteiger partial charge in [0.2, 0.25) is 0 Å². The number of nitrogens with two attached hydrogens (primary N) is 1. The maximum absolute atomic E-state index is 5.63. The molecule has 16 heavy (non-hydrogen) atoms. The molecule has 0 aromatic carbocycles. The van der Waals surface area contributed by atoms with Crippen LogP contribution < -0.4 is 11.1 Å². The molecule has 0 spiro atoms. The minimum absolute atomic E-state index is 0.585. The number of nitrogens with one attached hydrogen (secondary N) is 1. The number of nitrogen functional groups attached to an aromatic ring is 1. The first-order chi connectivity index (χ1) is 7.74. The zero-order valence-electron chi connectivity index (χ0n) is 9.95. The van der Waals surface area contributed by atoms with Gasteiger partial charge in [0, 0.05) is 24.5 Å². The van der Waals surface area contributed by atoms with E-state index in [-0.39, 0.29) is 0 Å². The normalized spacial score (nSPS) is 25.3. The van der Waals surface area contributed by atoms with Crippen LogP contribution in [0.4, 0.5) is 11.5 Å². The van der Waals surface area contributed by atoms with Crippen LogP contribution >= 0.6 is 0 Å². The zero-order chi connectivity index (χ0) is 11.4. The van der Waals surface area contributed by atoms with Crippen LogP contribution in [0.2, 0.25) is 0 Å². The molecule has 3 N–H and O–H groups in total.